The number of esters is 1. The fourth-order valence-corrected chi connectivity index (χ4v) is 5.73. The zero-order chi connectivity index (χ0) is 18.5. The van der Waals surface area contributed by atoms with Crippen molar-refractivity contribution < 1.29 is 14.3 Å². The summed E-state index contributed by atoms with van der Waals surface area (Å²) in [6.45, 7) is 1.50. The van der Waals surface area contributed by atoms with Crippen molar-refractivity contribution >= 4 is 17.1 Å². The molecule has 0 unspecified atom stereocenters. The molecule has 0 amide bonds. The summed E-state index contributed by atoms with van der Waals surface area (Å²) >= 11 is 0. The van der Waals surface area contributed by atoms with Gasteiger partial charge in [-0.05, 0) is 53.5 Å². The number of rotatable bonds is 2. The van der Waals surface area contributed by atoms with E-state index in [1.165, 1.54) is 34.9 Å². The van der Waals surface area contributed by atoms with Gasteiger partial charge in [-0.15, -0.1) is 0 Å². The number of hydrogen-bond acceptors (Lipinski definition) is 3. The maximum Gasteiger partial charge on any atom is 0.316 e. The lowest BCUT2D eigenvalue weighted by molar-refractivity contribution is -0.150. The molecular formula is C24H24O3. The Morgan fingerprint density at radius 1 is 0.963 bits per heavy atom. The molecule has 1 spiro atoms. The van der Waals surface area contributed by atoms with Crippen LogP contribution in [0.15, 0.2) is 54.6 Å². The Morgan fingerprint density at radius 2 is 1.67 bits per heavy atom. The van der Waals surface area contributed by atoms with Gasteiger partial charge in [0.1, 0.15) is 0 Å². The number of carbonyl (C=O) groups is 1. The lowest BCUT2D eigenvalue weighted by atomic mass is 9.69. The molecule has 2 aromatic rings. The summed E-state index contributed by atoms with van der Waals surface area (Å²) in [5.41, 5.74) is 5.69. The topological polar surface area (TPSA) is 35.5 Å². The van der Waals surface area contributed by atoms with Crippen molar-refractivity contribution in [2.75, 3.05) is 20.3 Å². The molecule has 3 nitrogen and oxygen atoms in total. The Labute approximate surface area is 160 Å². The Morgan fingerprint density at radius 3 is 2.41 bits per heavy atom. The van der Waals surface area contributed by atoms with Crippen molar-refractivity contribution in [1.82, 2.24) is 0 Å². The smallest absolute Gasteiger partial charge is 0.316 e. The van der Waals surface area contributed by atoms with E-state index in [-0.39, 0.29) is 11.4 Å². The minimum atomic E-state index is -0.569. The van der Waals surface area contributed by atoms with E-state index in [1.807, 2.05) is 0 Å². The zero-order valence-corrected chi connectivity index (χ0v) is 15.7. The molecule has 3 aliphatic rings. The number of ether oxygens (including phenoxy) is 2. The molecule has 2 aromatic carbocycles. The van der Waals surface area contributed by atoms with E-state index >= 15 is 0 Å². The van der Waals surface area contributed by atoms with Gasteiger partial charge in [0, 0.05) is 18.6 Å². The summed E-state index contributed by atoms with van der Waals surface area (Å²) in [4.78, 5) is 13.2. The lowest BCUT2D eigenvalue weighted by Crippen LogP contribution is -2.36. The quantitative estimate of drug-likeness (QED) is 0.739. The maximum atomic E-state index is 13.2. The van der Waals surface area contributed by atoms with Crippen LogP contribution in [0, 0.1) is 10.8 Å². The van der Waals surface area contributed by atoms with Crippen LogP contribution in [-0.4, -0.2) is 26.3 Å². The van der Waals surface area contributed by atoms with Crippen molar-refractivity contribution in [3.8, 4) is 0 Å². The molecule has 3 heteroatoms. The molecule has 1 heterocycles. The van der Waals surface area contributed by atoms with Crippen LogP contribution in [-0.2, 0) is 20.7 Å². The summed E-state index contributed by atoms with van der Waals surface area (Å²) in [7, 11) is 1.52. The molecular weight excluding hydrogens is 336 g/mol. The van der Waals surface area contributed by atoms with Gasteiger partial charge in [-0.1, -0.05) is 54.6 Å². The van der Waals surface area contributed by atoms with Crippen molar-refractivity contribution in [3.63, 3.8) is 0 Å². The van der Waals surface area contributed by atoms with Crippen molar-refractivity contribution in [2.24, 2.45) is 10.8 Å². The molecule has 138 valence electrons. The highest BCUT2D eigenvalue weighted by Gasteiger charge is 2.61. The Bertz CT molecular complexity index is 922. The first-order valence-corrected chi connectivity index (χ1v) is 9.75. The van der Waals surface area contributed by atoms with Gasteiger partial charge in [0.2, 0.25) is 0 Å². The van der Waals surface area contributed by atoms with E-state index in [0.29, 0.717) is 0 Å². The second-order valence-electron chi connectivity index (χ2n) is 8.09. The van der Waals surface area contributed by atoms with E-state index in [2.05, 4.69) is 54.6 Å². The molecule has 0 bridgehead atoms. The Balaban J connectivity index is 1.83. The largest absolute Gasteiger partial charge is 0.468 e. The summed E-state index contributed by atoms with van der Waals surface area (Å²) in [6.07, 6.45) is 3.48. The third-order valence-corrected chi connectivity index (χ3v) is 6.77. The fourth-order valence-electron chi connectivity index (χ4n) is 5.73. The predicted molar refractivity (Wildman–Crippen MR) is 105 cm³/mol. The van der Waals surface area contributed by atoms with E-state index in [0.717, 1.165) is 38.9 Å². The molecule has 0 saturated carbocycles. The zero-order valence-electron chi connectivity index (χ0n) is 15.7. The number of fused-ring (bicyclic) bond motifs is 3. The molecule has 5 rings (SSSR count). The second-order valence-corrected chi connectivity index (χ2v) is 8.09. The van der Waals surface area contributed by atoms with Gasteiger partial charge < -0.3 is 9.47 Å². The standard InChI is InChI=1S/C24H24O3/c1-26-22(25)24-15-18-9-5-6-10-19(18)21(24)20(17-7-3-2-4-8-17)23(16-24)11-13-27-14-12-23/h2-10H,11-16H2,1H3/t24-/m0/s1. The van der Waals surface area contributed by atoms with Gasteiger partial charge in [0.25, 0.3) is 0 Å². The summed E-state index contributed by atoms with van der Waals surface area (Å²) in [6, 6.07) is 19.1. The molecule has 0 aromatic heterocycles. The summed E-state index contributed by atoms with van der Waals surface area (Å²) in [5, 5.41) is 0. The van der Waals surface area contributed by atoms with Crippen LogP contribution >= 0.6 is 0 Å². The van der Waals surface area contributed by atoms with Gasteiger partial charge in [-0.25, -0.2) is 0 Å². The van der Waals surface area contributed by atoms with E-state index < -0.39 is 5.41 Å². The minimum Gasteiger partial charge on any atom is -0.468 e. The molecule has 0 radical (unpaired) electrons. The van der Waals surface area contributed by atoms with Crippen molar-refractivity contribution in [3.05, 3.63) is 71.3 Å². The monoisotopic (exact) mass is 360 g/mol. The highest BCUT2D eigenvalue weighted by Crippen LogP contribution is 2.68. The highest BCUT2D eigenvalue weighted by molar-refractivity contribution is 6.10. The van der Waals surface area contributed by atoms with Gasteiger partial charge >= 0.3 is 5.97 Å². The number of carbonyl (C=O) groups excluding carboxylic acids is 1. The first-order chi connectivity index (χ1) is 13.2. The van der Waals surface area contributed by atoms with Crippen LogP contribution in [0.5, 0.6) is 0 Å². The predicted octanol–water partition coefficient (Wildman–Crippen LogP) is 4.51. The summed E-state index contributed by atoms with van der Waals surface area (Å²) in [5.74, 6) is -0.0921. The number of hydrogen-bond donors (Lipinski definition) is 0. The van der Waals surface area contributed by atoms with Gasteiger partial charge in [-0.2, -0.15) is 0 Å². The molecule has 27 heavy (non-hydrogen) atoms. The SMILES string of the molecule is COC(=O)[C@]12Cc3ccccc3C1=C(c1ccccc1)C1(CCOCC1)C2. The highest BCUT2D eigenvalue weighted by atomic mass is 16.5. The minimum absolute atomic E-state index is 0.0172. The van der Waals surface area contributed by atoms with Gasteiger partial charge in [-0.3, -0.25) is 4.79 Å². The van der Waals surface area contributed by atoms with Crippen LogP contribution < -0.4 is 0 Å². The molecule has 2 aliphatic carbocycles. The summed E-state index contributed by atoms with van der Waals surface area (Å²) < 4.78 is 11.1. The fraction of sp³-hybridized carbons (Fsp3) is 0.375. The van der Waals surface area contributed by atoms with Gasteiger partial charge in [0.05, 0.1) is 12.5 Å². The average Bonchev–Trinajstić information content (AvgIpc) is 3.17. The van der Waals surface area contributed by atoms with Crippen LogP contribution in [0.25, 0.3) is 11.1 Å². The Hall–Kier alpha value is -2.39. The third-order valence-electron chi connectivity index (χ3n) is 6.77. The maximum absolute atomic E-state index is 13.2. The van der Waals surface area contributed by atoms with E-state index in [4.69, 9.17) is 9.47 Å². The average molecular weight is 360 g/mol. The van der Waals surface area contributed by atoms with E-state index in [9.17, 15) is 4.79 Å². The number of methoxy groups -OCH3 is 1. The molecule has 1 fully saturated rings. The van der Waals surface area contributed by atoms with Crippen molar-refractivity contribution in [1.29, 1.82) is 0 Å². The molecule has 1 atom stereocenters. The van der Waals surface area contributed by atoms with Crippen LogP contribution in [0.4, 0.5) is 0 Å². The van der Waals surface area contributed by atoms with Crippen LogP contribution in [0.3, 0.4) is 0 Å². The van der Waals surface area contributed by atoms with Crippen LogP contribution in [0.1, 0.15) is 36.0 Å². The third kappa shape index (κ3) is 2.28. The molecule has 0 N–H and O–H groups in total. The first-order valence-electron chi connectivity index (χ1n) is 9.75. The number of benzene rings is 2. The second kappa shape index (κ2) is 6.07. The molecule has 1 saturated heterocycles. The van der Waals surface area contributed by atoms with Gasteiger partial charge in [0.15, 0.2) is 0 Å². The van der Waals surface area contributed by atoms with Crippen molar-refractivity contribution in [2.45, 2.75) is 25.7 Å². The molecule has 1 aliphatic heterocycles. The van der Waals surface area contributed by atoms with E-state index in [1.54, 1.807) is 0 Å². The first kappa shape index (κ1) is 16.8. The normalized spacial score (nSPS) is 25.4. The number of allylic oxidation sites excluding steroid dienone is 1. The van der Waals surface area contributed by atoms with Crippen LogP contribution in [0.2, 0.25) is 0 Å². The Kier molecular flexibility index (Phi) is 3.76. The lowest BCUT2D eigenvalue weighted by Gasteiger charge is -2.38.